The fourth-order valence-electron chi connectivity index (χ4n) is 1.52. The summed E-state index contributed by atoms with van der Waals surface area (Å²) in [6.45, 7) is 2.77. The topological polar surface area (TPSA) is 58.2 Å². The van der Waals surface area contributed by atoms with Gasteiger partial charge in [-0.25, -0.2) is 0 Å². The summed E-state index contributed by atoms with van der Waals surface area (Å²) in [7, 11) is 0. The lowest BCUT2D eigenvalue weighted by Gasteiger charge is -2.06. The van der Waals surface area contributed by atoms with Gasteiger partial charge in [0, 0.05) is 25.9 Å². The van der Waals surface area contributed by atoms with Crippen LogP contribution in [0.5, 0.6) is 0 Å². The highest BCUT2D eigenvalue weighted by Crippen LogP contribution is 2.01. The summed E-state index contributed by atoms with van der Waals surface area (Å²) < 4.78 is 0. The number of aryl methyl sites for hydroxylation is 1. The first-order valence-corrected chi connectivity index (χ1v) is 6.29. The molecule has 0 atom stereocenters. The molecule has 0 saturated carbocycles. The highest BCUT2D eigenvalue weighted by Gasteiger charge is 2.01. The number of carbonyl (C=O) groups is 2. The maximum Gasteiger partial charge on any atom is 0.220 e. The first-order valence-electron chi connectivity index (χ1n) is 6.29. The van der Waals surface area contributed by atoms with Gasteiger partial charge in [-0.3, -0.25) is 9.59 Å². The van der Waals surface area contributed by atoms with Crippen molar-refractivity contribution < 1.29 is 9.59 Å². The molecule has 0 aliphatic carbocycles. The molecule has 4 heteroatoms. The van der Waals surface area contributed by atoms with Crippen molar-refractivity contribution in [2.45, 2.75) is 26.2 Å². The summed E-state index contributed by atoms with van der Waals surface area (Å²) in [6.07, 6.45) is 1.70. The third-order valence-corrected chi connectivity index (χ3v) is 2.57. The van der Waals surface area contributed by atoms with Crippen molar-refractivity contribution in [1.82, 2.24) is 10.6 Å². The van der Waals surface area contributed by atoms with Crippen LogP contribution in [0.1, 0.15) is 25.3 Å². The number of benzene rings is 1. The largest absolute Gasteiger partial charge is 0.354 e. The van der Waals surface area contributed by atoms with Gasteiger partial charge in [0.15, 0.2) is 0 Å². The molecular formula is C14H20N2O2. The van der Waals surface area contributed by atoms with Crippen LogP contribution in [-0.2, 0) is 16.0 Å². The third-order valence-electron chi connectivity index (χ3n) is 2.57. The Morgan fingerprint density at radius 3 is 2.22 bits per heavy atom. The minimum absolute atomic E-state index is 0.00790. The van der Waals surface area contributed by atoms with Crippen molar-refractivity contribution >= 4 is 11.8 Å². The van der Waals surface area contributed by atoms with E-state index in [2.05, 4.69) is 10.6 Å². The van der Waals surface area contributed by atoms with Crippen molar-refractivity contribution in [2.24, 2.45) is 0 Å². The lowest BCUT2D eigenvalue weighted by molar-refractivity contribution is -0.122. The standard InChI is InChI=1S/C14H20N2O2/c1-2-13(17)15-10-11-16-14(18)9-8-12-6-4-3-5-7-12/h3-7H,2,8-11H2,1H3,(H,15,17)(H,16,18). The maximum atomic E-state index is 11.5. The van der Waals surface area contributed by atoms with E-state index >= 15 is 0 Å². The Labute approximate surface area is 108 Å². The van der Waals surface area contributed by atoms with Crippen LogP contribution in [-0.4, -0.2) is 24.9 Å². The van der Waals surface area contributed by atoms with Crippen molar-refractivity contribution in [3.63, 3.8) is 0 Å². The van der Waals surface area contributed by atoms with Gasteiger partial charge in [-0.2, -0.15) is 0 Å². The quantitative estimate of drug-likeness (QED) is 0.714. The molecule has 0 fully saturated rings. The Balaban J connectivity index is 2.09. The van der Waals surface area contributed by atoms with Crippen LogP contribution in [0, 0.1) is 0 Å². The number of hydrogen-bond acceptors (Lipinski definition) is 2. The Morgan fingerprint density at radius 1 is 1.00 bits per heavy atom. The predicted octanol–water partition coefficient (Wildman–Crippen LogP) is 1.26. The summed E-state index contributed by atoms with van der Waals surface area (Å²) in [6, 6.07) is 9.91. The molecule has 0 aromatic heterocycles. The molecule has 2 amide bonds. The molecule has 1 aromatic carbocycles. The zero-order valence-electron chi connectivity index (χ0n) is 10.7. The molecule has 1 aromatic rings. The zero-order chi connectivity index (χ0) is 13.2. The zero-order valence-corrected chi connectivity index (χ0v) is 10.7. The lowest BCUT2D eigenvalue weighted by Crippen LogP contribution is -2.34. The SMILES string of the molecule is CCC(=O)NCCNC(=O)CCc1ccccc1. The first-order chi connectivity index (χ1) is 8.72. The molecule has 2 N–H and O–H groups in total. The van der Waals surface area contributed by atoms with E-state index in [1.165, 1.54) is 0 Å². The molecule has 0 saturated heterocycles. The van der Waals surface area contributed by atoms with Gasteiger partial charge in [-0.15, -0.1) is 0 Å². The van der Waals surface area contributed by atoms with Crippen molar-refractivity contribution in [1.29, 1.82) is 0 Å². The molecule has 1 rings (SSSR count). The molecule has 98 valence electrons. The summed E-state index contributed by atoms with van der Waals surface area (Å²) in [5.74, 6) is 0.0261. The predicted molar refractivity (Wildman–Crippen MR) is 71.1 cm³/mol. The normalized spacial score (nSPS) is 9.83. The van der Waals surface area contributed by atoms with Crippen molar-refractivity contribution in [3.8, 4) is 0 Å². The second-order valence-corrected chi connectivity index (χ2v) is 4.04. The monoisotopic (exact) mass is 248 g/mol. The van der Waals surface area contributed by atoms with E-state index in [0.29, 0.717) is 25.9 Å². The molecule has 0 bridgehead atoms. The van der Waals surface area contributed by atoms with Crippen LogP contribution in [0.15, 0.2) is 30.3 Å². The average Bonchev–Trinajstić information content (AvgIpc) is 2.42. The van der Waals surface area contributed by atoms with Crippen LogP contribution >= 0.6 is 0 Å². The highest BCUT2D eigenvalue weighted by molar-refractivity contribution is 5.77. The minimum Gasteiger partial charge on any atom is -0.354 e. The molecule has 0 heterocycles. The van der Waals surface area contributed by atoms with E-state index in [1.54, 1.807) is 6.92 Å². The fourth-order valence-corrected chi connectivity index (χ4v) is 1.52. The van der Waals surface area contributed by atoms with Crippen LogP contribution in [0.3, 0.4) is 0 Å². The summed E-state index contributed by atoms with van der Waals surface area (Å²) >= 11 is 0. The van der Waals surface area contributed by atoms with Crippen molar-refractivity contribution in [3.05, 3.63) is 35.9 Å². The Hall–Kier alpha value is -1.84. The smallest absolute Gasteiger partial charge is 0.220 e. The number of rotatable bonds is 7. The average molecular weight is 248 g/mol. The molecular weight excluding hydrogens is 228 g/mol. The Morgan fingerprint density at radius 2 is 1.61 bits per heavy atom. The van der Waals surface area contributed by atoms with Gasteiger partial charge in [0.05, 0.1) is 0 Å². The van der Waals surface area contributed by atoms with Crippen LogP contribution in [0.4, 0.5) is 0 Å². The van der Waals surface area contributed by atoms with Crippen molar-refractivity contribution in [2.75, 3.05) is 13.1 Å². The minimum atomic E-state index is 0.00790. The van der Waals surface area contributed by atoms with Crippen LogP contribution < -0.4 is 10.6 Å². The van der Waals surface area contributed by atoms with Crippen LogP contribution in [0.25, 0.3) is 0 Å². The van der Waals surface area contributed by atoms with Gasteiger partial charge >= 0.3 is 0 Å². The third kappa shape index (κ3) is 6.03. The van der Waals surface area contributed by atoms with Gasteiger partial charge in [-0.1, -0.05) is 37.3 Å². The number of carbonyl (C=O) groups excluding carboxylic acids is 2. The summed E-state index contributed by atoms with van der Waals surface area (Å²) in [4.78, 5) is 22.5. The Bertz CT molecular complexity index is 377. The van der Waals surface area contributed by atoms with Gasteiger partial charge in [0.1, 0.15) is 0 Å². The lowest BCUT2D eigenvalue weighted by atomic mass is 10.1. The second kappa shape index (κ2) is 8.28. The summed E-state index contributed by atoms with van der Waals surface area (Å²) in [5, 5.41) is 5.49. The van der Waals surface area contributed by atoms with E-state index < -0.39 is 0 Å². The molecule has 0 spiro atoms. The van der Waals surface area contributed by atoms with E-state index in [9.17, 15) is 9.59 Å². The molecule has 0 unspecified atom stereocenters. The molecule has 18 heavy (non-hydrogen) atoms. The number of nitrogens with one attached hydrogen (secondary N) is 2. The fraction of sp³-hybridized carbons (Fsp3) is 0.429. The van der Waals surface area contributed by atoms with Gasteiger partial charge in [0.2, 0.25) is 11.8 Å². The van der Waals surface area contributed by atoms with Gasteiger partial charge in [0.25, 0.3) is 0 Å². The molecule has 0 aliphatic rings. The molecule has 0 aliphatic heterocycles. The van der Waals surface area contributed by atoms with Gasteiger partial charge < -0.3 is 10.6 Å². The van der Waals surface area contributed by atoms with E-state index in [-0.39, 0.29) is 11.8 Å². The molecule has 0 radical (unpaired) electrons. The van der Waals surface area contributed by atoms with E-state index in [4.69, 9.17) is 0 Å². The number of amides is 2. The van der Waals surface area contributed by atoms with E-state index in [0.717, 1.165) is 12.0 Å². The number of hydrogen-bond donors (Lipinski definition) is 2. The summed E-state index contributed by atoms with van der Waals surface area (Å²) in [5.41, 5.74) is 1.16. The molecule has 4 nitrogen and oxygen atoms in total. The highest BCUT2D eigenvalue weighted by atomic mass is 16.2. The first kappa shape index (κ1) is 14.2. The van der Waals surface area contributed by atoms with Gasteiger partial charge in [-0.05, 0) is 12.0 Å². The van der Waals surface area contributed by atoms with Crippen LogP contribution in [0.2, 0.25) is 0 Å². The van der Waals surface area contributed by atoms with E-state index in [1.807, 2.05) is 30.3 Å². The maximum absolute atomic E-state index is 11.5. The Kier molecular flexibility index (Phi) is 6.54. The second-order valence-electron chi connectivity index (χ2n) is 4.04.